The molecule has 1 aromatic rings. The number of methoxy groups -OCH3 is 1. The van der Waals surface area contributed by atoms with Gasteiger partial charge in [-0.15, -0.1) is 0 Å². The largest absolute Gasteiger partial charge is 0.382 e. The first kappa shape index (κ1) is 11.5. The lowest BCUT2D eigenvalue weighted by molar-refractivity contribution is 0.158. The number of nitrogens with one attached hydrogen (secondary N) is 1. The Morgan fingerprint density at radius 1 is 1.53 bits per heavy atom. The molecule has 0 aliphatic rings. The van der Waals surface area contributed by atoms with Gasteiger partial charge in [-0.05, 0) is 26.0 Å². The van der Waals surface area contributed by atoms with E-state index < -0.39 is 0 Å². The maximum Gasteiger partial charge on any atom is 0.140 e. The highest BCUT2D eigenvalue weighted by atomic mass is 16.5. The molecule has 1 heterocycles. The Morgan fingerprint density at radius 2 is 2.27 bits per heavy atom. The Kier molecular flexibility index (Phi) is 3.64. The van der Waals surface area contributed by atoms with E-state index in [1.54, 1.807) is 19.4 Å². The monoisotopic (exact) mass is 205 g/mol. The highest BCUT2D eigenvalue weighted by Gasteiger charge is 2.16. The van der Waals surface area contributed by atoms with Crippen molar-refractivity contribution in [1.82, 2.24) is 4.98 Å². The van der Waals surface area contributed by atoms with Gasteiger partial charge in [0, 0.05) is 7.11 Å². The summed E-state index contributed by atoms with van der Waals surface area (Å²) in [5.74, 6) is 0. The van der Waals surface area contributed by atoms with E-state index in [1.807, 2.05) is 26.0 Å². The van der Waals surface area contributed by atoms with Gasteiger partial charge < -0.3 is 10.1 Å². The van der Waals surface area contributed by atoms with Crippen molar-refractivity contribution in [3.05, 3.63) is 24.0 Å². The van der Waals surface area contributed by atoms with E-state index in [0.29, 0.717) is 12.3 Å². The minimum absolute atomic E-state index is 0.148. The van der Waals surface area contributed by atoms with Crippen LogP contribution in [0, 0.1) is 11.3 Å². The molecule has 0 radical (unpaired) electrons. The van der Waals surface area contributed by atoms with Gasteiger partial charge in [-0.25, -0.2) is 4.98 Å². The van der Waals surface area contributed by atoms with Crippen LogP contribution in [0.1, 0.15) is 19.5 Å². The lowest BCUT2D eigenvalue weighted by Crippen LogP contribution is -2.35. The fraction of sp³-hybridized carbons (Fsp3) is 0.455. The molecule has 0 aliphatic heterocycles. The van der Waals surface area contributed by atoms with E-state index >= 15 is 0 Å². The molecule has 0 fully saturated rings. The minimum atomic E-state index is -0.148. The SMILES string of the molecule is COCC(C)(C)Nc1ccc(C#N)nc1. The predicted octanol–water partition coefficient (Wildman–Crippen LogP) is 1.79. The number of hydrogen-bond acceptors (Lipinski definition) is 4. The smallest absolute Gasteiger partial charge is 0.140 e. The highest BCUT2D eigenvalue weighted by Crippen LogP contribution is 2.14. The molecule has 0 aliphatic carbocycles. The summed E-state index contributed by atoms with van der Waals surface area (Å²) in [5, 5.41) is 11.9. The van der Waals surface area contributed by atoms with Crippen molar-refractivity contribution in [3.8, 4) is 6.07 Å². The minimum Gasteiger partial charge on any atom is -0.382 e. The standard InChI is InChI=1S/C11H15N3O/c1-11(2,8-15-3)14-10-5-4-9(6-12)13-7-10/h4-5,7,14H,8H2,1-3H3. The normalized spacial score (nSPS) is 10.8. The number of aromatic nitrogens is 1. The number of nitriles is 1. The third-order valence-corrected chi connectivity index (χ3v) is 1.87. The van der Waals surface area contributed by atoms with Crippen LogP contribution in [-0.2, 0) is 4.74 Å². The second-order valence-corrected chi connectivity index (χ2v) is 3.99. The molecule has 0 bridgehead atoms. The van der Waals surface area contributed by atoms with Crippen LogP contribution in [0.25, 0.3) is 0 Å². The van der Waals surface area contributed by atoms with Gasteiger partial charge in [0.1, 0.15) is 11.8 Å². The second kappa shape index (κ2) is 4.76. The molecule has 15 heavy (non-hydrogen) atoms. The molecule has 0 saturated heterocycles. The van der Waals surface area contributed by atoms with Crippen molar-refractivity contribution in [2.45, 2.75) is 19.4 Å². The molecule has 0 atom stereocenters. The lowest BCUT2D eigenvalue weighted by Gasteiger charge is -2.26. The maximum atomic E-state index is 8.59. The van der Waals surface area contributed by atoms with Crippen LogP contribution in [0.15, 0.2) is 18.3 Å². The summed E-state index contributed by atoms with van der Waals surface area (Å²) in [4.78, 5) is 3.98. The van der Waals surface area contributed by atoms with E-state index in [-0.39, 0.29) is 5.54 Å². The van der Waals surface area contributed by atoms with Gasteiger partial charge in [0.25, 0.3) is 0 Å². The van der Waals surface area contributed by atoms with E-state index in [0.717, 1.165) is 5.69 Å². The number of rotatable bonds is 4. The van der Waals surface area contributed by atoms with Crippen molar-refractivity contribution < 1.29 is 4.74 Å². The zero-order chi connectivity index (χ0) is 11.3. The average Bonchev–Trinajstić information content (AvgIpc) is 2.18. The Morgan fingerprint density at radius 3 is 2.73 bits per heavy atom. The fourth-order valence-electron chi connectivity index (χ4n) is 1.32. The molecule has 1 N–H and O–H groups in total. The first-order valence-corrected chi connectivity index (χ1v) is 4.71. The van der Waals surface area contributed by atoms with Crippen LogP contribution in [0.3, 0.4) is 0 Å². The van der Waals surface area contributed by atoms with Crippen LogP contribution in [0.5, 0.6) is 0 Å². The molecule has 4 nitrogen and oxygen atoms in total. The Bertz CT molecular complexity index is 351. The van der Waals surface area contributed by atoms with Crippen LogP contribution in [-0.4, -0.2) is 24.2 Å². The maximum absolute atomic E-state index is 8.59. The molecule has 0 saturated carbocycles. The molecule has 0 amide bonds. The molecule has 0 unspecified atom stereocenters. The van der Waals surface area contributed by atoms with Crippen molar-refractivity contribution in [1.29, 1.82) is 5.26 Å². The Labute approximate surface area is 89.9 Å². The zero-order valence-electron chi connectivity index (χ0n) is 9.24. The first-order chi connectivity index (χ1) is 7.07. The molecule has 0 aromatic carbocycles. The molecular weight excluding hydrogens is 190 g/mol. The molecule has 1 aromatic heterocycles. The number of nitrogens with zero attached hydrogens (tertiary/aromatic N) is 2. The van der Waals surface area contributed by atoms with Crippen LogP contribution in [0.4, 0.5) is 5.69 Å². The Balaban J connectivity index is 2.69. The van der Waals surface area contributed by atoms with Crippen molar-refractivity contribution in [3.63, 3.8) is 0 Å². The van der Waals surface area contributed by atoms with Gasteiger partial charge in [0.05, 0.1) is 24.0 Å². The first-order valence-electron chi connectivity index (χ1n) is 4.71. The number of pyridine rings is 1. The summed E-state index contributed by atoms with van der Waals surface area (Å²) in [6.45, 7) is 4.68. The average molecular weight is 205 g/mol. The second-order valence-electron chi connectivity index (χ2n) is 3.99. The van der Waals surface area contributed by atoms with Crippen LogP contribution in [0.2, 0.25) is 0 Å². The third kappa shape index (κ3) is 3.56. The summed E-state index contributed by atoms with van der Waals surface area (Å²) in [5.41, 5.74) is 1.16. The topological polar surface area (TPSA) is 57.9 Å². The summed E-state index contributed by atoms with van der Waals surface area (Å²) in [6, 6.07) is 5.50. The van der Waals surface area contributed by atoms with Gasteiger partial charge in [-0.2, -0.15) is 5.26 Å². The van der Waals surface area contributed by atoms with Gasteiger partial charge in [-0.1, -0.05) is 0 Å². The quantitative estimate of drug-likeness (QED) is 0.814. The van der Waals surface area contributed by atoms with Gasteiger partial charge in [0.15, 0.2) is 0 Å². The fourth-order valence-corrected chi connectivity index (χ4v) is 1.32. The van der Waals surface area contributed by atoms with Crippen molar-refractivity contribution in [2.24, 2.45) is 0 Å². The van der Waals surface area contributed by atoms with E-state index in [2.05, 4.69) is 10.3 Å². The number of hydrogen-bond donors (Lipinski definition) is 1. The lowest BCUT2D eigenvalue weighted by atomic mass is 10.1. The van der Waals surface area contributed by atoms with Gasteiger partial charge in [-0.3, -0.25) is 0 Å². The van der Waals surface area contributed by atoms with Crippen LogP contribution < -0.4 is 5.32 Å². The molecule has 4 heteroatoms. The molecular formula is C11H15N3O. The van der Waals surface area contributed by atoms with E-state index in [4.69, 9.17) is 10.00 Å². The van der Waals surface area contributed by atoms with Crippen LogP contribution >= 0.6 is 0 Å². The zero-order valence-corrected chi connectivity index (χ0v) is 9.24. The van der Waals surface area contributed by atoms with E-state index in [9.17, 15) is 0 Å². The highest BCUT2D eigenvalue weighted by molar-refractivity contribution is 5.44. The summed E-state index contributed by atoms with van der Waals surface area (Å²) >= 11 is 0. The summed E-state index contributed by atoms with van der Waals surface area (Å²) in [6.07, 6.45) is 1.65. The summed E-state index contributed by atoms with van der Waals surface area (Å²) < 4.78 is 5.09. The van der Waals surface area contributed by atoms with Gasteiger partial charge >= 0.3 is 0 Å². The number of ether oxygens (including phenoxy) is 1. The van der Waals surface area contributed by atoms with E-state index in [1.165, 1.54) is 0 Å². The molecule has 0 spiro atoms. The molecule has 1 rings (SSSR count). The predicted molar refractivity (Wildman–Crippen MR) is 58.5 cm³/mol. The summed E-state index contributed by atoms with van der Waals surface area (Å²) in [7, 11) is 1.67. The third-order valence-electron chi connectivity index (χ3n) is 1.87. The Hall–Kier alpha value is -1.60. The van der Waals surface area contributed by atoms with Gasteiger partial charge in [0.2, 0.25) is 0 Å². The molecule has 80 valence electrons. The number of anilines is 1. The van der Waals surface area contributed by atoms with Crippen molar-refractivity contribution >= 4 is 5.69 Å². The van der Waals surface area contributed by atoms with Crippen molar-refractivity contribution in [2.75, 3.05) is 19.0 Å².